The number of hydrogen-bond acceptors (Lipinski definition) is 4. The topological polar surface area (TPSA) is 82.0 Å². The predicted octanol–water partition coefficient (Wildman–Crippen LogP) is 3.43. The molecule has 0 aromatic heterocycles. The number of anilines is 1. The number of benzene rings is 1. The quantitative estimate of drug-likeness (QED) is 0.740. The first kappa shape index (κ1) is 20.0. The fourth-order valence-electron chi connectivity index (χ4n) is 1.72. The summed E-state index contributed by atoms with van der Waals surface area (Å²) < 4.78 is 0. The molecule has 0 saturated carbocycles. The minimum Gasteiger partial charge on any atom is -0.355 e. The third-order valence-electron chi connectivity index (χ3n) is 3.19. The maximum absolute atomic E-state index is 12.1. The molecule has 0 fully saturated rings. The van der Waals surface area contributed by atoms with Gasteiger partial charge in [0, 0.05) is 29.0 Å². The summed E-state index contributed by atoms with van der Waals surface area (Å²) in [4.78, 5) is 24.8. The zero-order valence-electron chi connectivity index (χ0n) is 14.7. The van der Waals surface area contributed by atoms with Crippen LogP contribution in [0.15, 0.2) is 29.2 Å². The third-order valence-corrected chi connectivity index (χ3v) is 4.52. The van der Waals surface area contributed by atoms with Gasteiger partial charge in [0.2, 0.25) is 11.8 Å². The minimum absolute atomic E-state index is 0.0497. The molecule has 5 nitrogen and oxygen atoms in total. The van der Waals surface area contributed by atoms with Crippen LogP contribution in [0.25, 0.3) is 0 Å². The van der Waals surface area contributed by atoms with Gasteiger partial charge in [-0.25, -0.2) is 0 Å². The van der Waals surface area contributed by atoms with Gasteiger partial charge in [0.15, 0.2) is 0 Å². The lowest BCUT2D eigenvalue weighted by atomic mass is 9.96. The van der Waals surface area contributed by atoms with Crippen molar-refractivity contribution in [1.82, 2.24) is 5.32 Å². The van der Waals surface area contributed by atoms with E-state index in [0.717, 1.165) is 10.6 Å². The van der Waals surface area contributed by atoms with Gasteiger partial charge < -0.3 is 10.6 Å². The number of para-hydroxylation sites is 1. The fourth-order valence-corrected chi connectivity index (χ4v) is 2.67. The molecule has 2 amide bonds. The van der Waals surface area contributed by atoms with Crippen molar-refractivity contribution in [2.45, 2.75) is 39.0 Å². The lowest BCUT2D eigenvalue weighted by Gasteiger charge is -2.17. The normalized spacial score (nSPS) is 12.1. The summed E-state index contributed by atoms with van der Waals surface area (Å²) in [6, 6.07) is 9.72. The highest BCUT2D eigenvalue weighted by Crippen LogP contribution is 2.28. The Morgan fingerprint density at radius 2 is 1.96 bits per heavy atom. The zero-order valence-corrected chi connectivity index (χ0v) is 15.5. The Bertz CT molecular complexity index is 617. The molecule has 0 aliphatic carbocycles. The first-order valence-corrected chi connectivity index (χ1v) is 8.92. The molecule has 1 aromatic rings. The first-order chi connectivity index (χ1) is 11.2. The van der Waals surface area contributed by atoms with E-state index in [9.17, 15) is 9.59 Å². The van der Waals surface area contributed by atoms with Crippen LogP contribution in [0.4, 0.5) is 5.69 Å². The Balaban J connectivity index is 2.52. The molecule has 0 spiro atoms. The molecular formula is C18H25N3O2S. The van der Waals surface area contributed by atoms with Gasteiger partial charge in [0.25, 0.3) is 0 Å². The number of nitriles is 1. The van der Waals surface area contributed by atoms with Crippen molar-refractivity contribution in [1.29, 1.82) is 5.26 Å². The van der Waals surface area contributed by atoms with Crippen molar-refractivity contribution in [3.63, 3.8) is 0 Å². The second-order valence-electron chi connectivity index (χ2n) is 6.64. The lowest BCUT2D eigenvalue weighted by molar-refractivity contribution is -0.128. The van der Waals surface area contributed by atoms with Crippen molar-refractivity contribution in [3.05, 3.63) is 24.3 Å². The van der Waals surface area contributed by atoms with Gasteiger partial charge in [-0.15, -0.1) is 11.8 Å². The van der Waals surface area contributed by atoms with Crippen LogP contribution < -0.4 is 10.6 Å². The number of hydrogen-bond donors (Lipinski definition) is 2. The molecule has 0 aliphatic rings. The number of carbonyl (C=O) groups excluding carboxylic acids is 2. The number of nitrogens with one attached hydrogen (secondary N) is 2. The zero-order chi connectivity index (χ0) is 18.2. The SMILES string of the molecule is C[C@@H](C#N)CSc1ccccc1NC(=O)CCNC(=O)C(C)(C)C. The van der Waals surface area contributed by atoms with E-state index < -0.39 is 5.41 Å². The Morgan fingerprint density at radius 3 is 2.58 bits per heavy atom. The molecule has 2 N–H and O–H groups in total. The number of thioether (sulfide) groups is 1. The van der Waals surface area contributed by atoms with Gasteiger partial charge in [-0.3, -0.25) is 9.59 Å². The van der Waals surface area contributed by atoms with Crippen LogP contribution in [-0.4, -0.2) is 24.1 Å². The van der Waals surface area contributed by atoms with E-state index >= 15 is 0 Å². The average molecular weight is 347 g/mol. The highest BCUT2D eigenvalue weighted by Gasteiger charge is 2.20. The van der Waals surface area contributed by atoms with E-state index in [-0.39, 0.29) is 24.2 Å². The summed E-state index contributed by atoms with van der Waals surface area (Å²) in [7, 11) is 0. The maximum Gasteiger partial charge on any atom is 0.226 e. The molecule has 0 heterocycles. The number of amides is 2. The van der Waals surface area contributed by atoms with Gasteiger partial charge in [0.1, 0.15) is 0 Å². The molecule has 6 heteroatoms. The first-order valence-electron chi connectivity index (χ1n) is 7.93. The van der Waals surface area contributed by atoms with E-state index in [2.05, 4.69) is 16.7 Å². The molecule has 0 radical (unpaired) electrons. The van der Waals surface area contributed by atoms with Crippen molar-refractivity contribution >= 4 is 29.3 Å². The van der Waals surface area contributed by atoms with Crippen LogP contribution in [0.1, 0.15) is 34.1 Å². The van der Waals surface area contributed by atoms with Crippen LogP contribution in [0.2, 0.25) is 0 Å². The van der Waals surface area contributed by atoms with E-state index in [0.29, 0.717) is 12.3 Å². The van der Waals surface area contributed by atoms with Gasteiger partial charge >= 0.3 is 0 Å². The van der Waals surface area contributed by atoms with Crippen LogP contribution in [0.5, 0.6) is 0 Å². The smallest absolute Gasteiger partial charge is 0.226 e. The molecule has 130 valence electrons. The molecule has 0 unspecified atom stereocenters. The summed E-state index contributed by atoms with van der Waals surface area (Å²) in [5, 5.41) is 14.5. The highest BCUT2D eigenvalue weighted by molar-refractivity contribution is 7.99. The largest absolute Gasteiger partial charge is 0.355 e. The Hall–Kier alpha value is -2.00. The Morgan fingerprint density at radius 1 is 1.29 bits per heavy atom. The summed E-state index contributed by atoms with van der Waals surface area (Å²) in [6.07, 6.45) is 0.218. The van der Waals surface area contributed by atoms with E-state index in [1.165, 1.54) is 0 Å². The van der Waals surface area contributed by atoms with Crippen LogP contribution in [-0.2, 0) is 9.59 Å². The van der Waals surface area contributed by atoms with Crippen LogP contribution >= 0.6 is 11.8 Å². The Kier molecular flexibility index (Phi) is 7.80. The molecule has 0 aliphatic heterocycles. The summed E-state index contributed by atoms with van der Waals surface area (Å²) in [6.45, 7) is 7.67. The van der Waals surface area contributed by atoms with Crippen molar-refractivity contribution < 1.29 is 9.59 Å². The third kappa shape index (κ3) is 7.05. The molecule has 1 rings (SSSR count). The van der Waals surface area contributed by atoms with Crippen molar-refractivity contribution in [3.8, 4) is 6.07 Å². The fraction of sp³-hybridized carbons (Fsp3) is 0.500. The lowest BCUT2D eigenvalue weighted by Crippen LogP contribution is -2.36. The molecule has 24 heavy (non-hydrogen) atoms. The molecule has 1 atom stereocenters. The molecule has 0 bridgehead atoms. The number of nitrogens with zero attached hydrogens (tertiary/aromatic N) is 1. The minimum atomic E-state index is -0.461. The van der Waals surface area contributed by atoms with Gasteiger partial charge in [-0.1, -0.05) is 32.9 Å². The van der Waals surface area contributed by atoms with Gasteiger partial charge in [-0.05, 0) is 19.1 Å². The second kappa shape index (κ2) is 9.33. The summed E-state index contributed by atoms with van der Waals surface area (Å²) >= 11 is 1.55. The van der Waals surface area contributed by atoms with E-state index in [4.69, 9.17) is 5.26 Å². The second-order valence-corrected chi connectivity index (χ2v) is 7.70. The standard InChI is InChI=1S/C18H25N3O2S/c1-13(11-19)12-24-15-8-6-5-7-14(15)21-16(22)9-10-20-17(23)18(2,3)4/h5-8,13H,9-10,12H2,1-4H3,(H,20,23)(H,21,22)/t13-/m0/s1. The summed E-state index contributed by atoms with van der Waals surface area (Å²) in [5.74, 6) is 0.402. The highest BCUT2D eigenvalue weighted by atomic mass is 32.2. The molecular weight excluding hydrogens is 322 g/mol. The molecule has 1 aromatic carbocycles. The number of rotatable bonds is 7. The van der Waals surface area contributed by atoms with Gasteiger partial charge in [0.05, 0.1) is 17.7 Å². The monoisotopic (exact) mass is 347 g/mol. The Labute approximate surface area is 148 Å². The average Bonchev–Trinajstić information content (AvgIpc) is 2.52. The summed E-state index contributed by atoms with van der Waals surface area (Å²) in [5.41, 5.74) is 0.275. The van der Waals surface area contributed by atoms with E-state index in [1.807, 2.05) is 52.0 Å². The number of carbonyl (C=O) groups is 2. The van der Waals surface area contributed by atoms with Crippen LogP contribution in [0, 0.1) is 22.7 Å². The predicted molar refractivity (Wildman–Crippen MR) is 97.7 cm³/mol. The van der Waals surface area contributed by atoms with Crippen molar-refractivity contribution in [2.24, 2.45) is 11.3 Å². The van der Waals surface area contributed by atoms with Gasteiger partial charge in [-0.2, -0.15) is 5.26 Å². The maximum atomic E-state index is 12.1. The molecule has 0 saturated heterocycles. The van der Waals surface area contributed by atoms with Crippen molar-refractivity contribution in [2.75, 3.05) is 17.6 Å². The van der Waals surface area contributed by atoms with Crippen LogP contribution in [0.3, 0.4) is 0 Å². The van der Waals surface area contributed by atoms with E-state index in [1.54, 1.807) is 11.8 Å².